The Morgan fingerprint density at radius 2 is 2.00 bits per heavy atom. The smallest absolute Gasteiger partial charge is 0.112 e. The SMILES string of the molecule is Cc1ccc(CC(=N)NN)cc1. The van der Waals surface area contributed by atoms with Gasteiger partial charge in [0.25, 0.3) is 0 Å². The zero-order valence-corrected chi connectivity index (χ0v) is 7.09. The Kier molecular flexibility index (Phi) is 2.82. The molecule has 0 aromatic heterocycles. The van der Waals surface area contributed by atoms with Crippen LogP contribution >= 0.6 is 0 Å². The summed E-state index contributed by atoms with van der Waals surface area (Å²) in [5.74, 6) is 5.41. The summed E-state index contributed by atoms with van der Waals surface area (Å²) in [4.78, 5) is 0. The minimum absolute atomic E-state index is 0.332. The molecule has 12 heavy (non-hydrogen) atoms. The Labute approximate surface area is 72.1 Å². The van der Waals surface area contributed by atoms with Crippen LogP contribution in [0.15, 0.2) is 24.3 Å². The van der Waals surface area contributed by atoms with Crippen molar-refractivity contribution in [1.29, 1.82) is 5.41 Å². The highest BCUT2D eigenvalue weighted by molar-refractivity contribution is 5.80. The summed E-state index contributed by atoms with van der Waals surface area (Å²) in [7, 11) is 0. The largest absolute Gasteiger partial charge is 0.312 e. The van der Waals surface area contributed by atoms with E-state index in [2.05, 4.69) is 5.43 Å². The number of hydrogen-bond donors (Lipinski definition) is 3. The van der Waals surface area contributed by atoms with E-state index in [-0.39, 0.29) is 0 Å². The molecule has 0 saturated carbocycles. The highest BCUT2D eigenvalue weighted by Gasteiger charge is 1.95. The quantitative estimate of drug-likeness (QED) is 0.263. The number of hydrogen-bond acceptors (Lipinski definition) is 2. The fraction of sp³-hybridized carbons (Fsp3) is 0.222. The van der Waals surface area contributed by atoms with E-state index in [1.807, 2.05) is 31.2 Å². The zero-order chi connectivity index (χ0) is 8.97. The third-order valence-electron chi connectivity index (χ3n) is 1.68. The molecule has 1 aromatic rings. The minimum Gasteiger partial charge on any atom is -0.312 e. The van der Waals surface area contributed by atoms with Crippen molar-refractivity contribution in [3.63, 3.8) is 0 Å². The fourth-order valence-electron chi connectivity index (χ4n) is 0.961. The lowest BCUT2D eigenvalue weighted by Crippen LogP contribution is -2.30. The normalized spacial score (nSPS) is 9.50. The molecule has 0 atom stereocenters. The molecule has 0 radical (unpaired) electrons. The number of amidine groups is 1. The van der Waals surface area contributed by atoms with Crippen LogP contribution < -0.4 is 11.3 Å². The van der Waals surface area contributed by atoms with Crippen molar-refractivity contribution >= 4 is 5.84 Å². The second-order valence-corrected chi connectivity index (χ2v) is 2.79. The topological polar surface area (TPSA) is 61.9 Å². The van der Waals surface area contributed by atoms with E-state index in [1.165, 1.54) is 5.56 Å². The van der Waals surface area contributed by atoms with E-state index >= 15 is 0 Å². The van der Waals surface area contributed by atoms with E-state index in [4.69, 9.17) is 11.3 Å². The first kappa shape index (κ1) is 8.74. The number of benzene rings is 1. The van der Waals surface area contributed by atoms with E-state index in [0.29, 0.717) is 12.3 Å². The van der Waals surface area contributed by atoms with Crippen LogP contribution in [0.4, 0.5) is 0 Å². The maximum Gasteiger partial charge on any atom is 0.112 e. The van der Waals surface area contributed by atoms with Crippen LogP contribution in [0.25, 0.3) is 0 Å². The molecule has 3 heteroatoms. The molecule has 0 aliphatic rings. The van der Waals surface area contributed by atoms with Gasteiger partial charge < -0.3 is 5.43 Å². The summed E-state index contributed by atoms with van der Waals surface area (Å²) < 4.78 is 0. The van der Waals surface area contributed by atoms with Gasteiger partial charge in [0.05, 0.1) is 0 Å². The maximum atomic E-state index is 7.29. The van der Waals surface area contributed by atoms with Crippen LogP contribution in [0, 0.1) is 12.3 Å². The molecule has 0 saturated heterocycles. The third kappa shape index (κ3) is 2.36. The van der Waals surface area contributed by atoms with Crippen molar-refractivity contribution in [2.45, 2.75) is 13.3 Å². The van der Waals surface area contributed by atoms with Crippen molar-refractivity contribution in [3.05, 3.63) is 35.4 Å². The second-order valence-electron chi connectivity index (χ2n) is 2.79. The summed E-state index contributed by atoms with van der Waals surface area (Å²) in [6.45, 7) is 2.04. The van der Waals surface area contributed by atoms with Crippen molar-refractivity contribution in [3.8, 4) is 0 Å². The van der Waals surface area contributed by atoms with E-state index < -0.39 is 0 Å². The molecular formula is C9H13N3. The van der Waals surface area contributed by atoms with Crippen LogP contribution in [0.2, 0.25) is 0 Å². The Morgan fingerprint density at radius 3 is 2.50 bits per heavy atom. The summed E-state index contributed by atoms with van der Waals surface area (Å²) in [5.41, 5.74) is 4.64. The number of rotatable bonds is 2. The molecule has 1 rings (SSSR count). The van der Waals surface area contributed by atoms with Gasteiger partial charge in [-0.3, -0.25) is 5.41 Å². The second kappa shape index (κ2) is 3.88. The van der Waals surface area contributed by atoms with E-state index in [0.717, 1.165) is 5.56 Å². The maximum absolute atomic E-state index is 7.29. The standard InChI is InChI=1S/C9H13N3/c1-7-2-4-8(5-3-7)6-9(10)12-11/h2-5H,6,11H2,1H3,(H2,10,12). The lowest BCUT2D eigenvalue weighted by Gasteiger charge is -2.02. The van der Waals surface area contributed by atoms with Gasteiger partial charge in [-0.2, -0.15) is 0 Å². The first-order chi connectivity index (χ1) is 5.72. The van der Waals surface area contributed by atoms with Gasteiger partial charge in [0.2, 0.25) is 0 Å². The number of aryl methyl sites for hydroxylation is 1. The van der Waals surface area contributed by atoms with Gasteiger partial charge in [-0.15, -0.1) is 0 Å². The summed E-state index contributed by atoms with van der Waals surface area (Å²) in [5, 5.41) is 7.29. The van der Waals surface area contributed by atoms with Gasteiger partial charge in [0.1, 0.15) is 5.84 Å². The van der Waals surface area contributed by atoms with Gasteiger partial charge >= 0.3 is 0 Å². The first-order valence-electron chi connectivity index (χ1n) is 3.82. The molecule has 0 unspecified atom stereocenters. The molecule has 0 aliphatic heterocycles. The highest BCUT2D eigenvalue weighted by atomic mass is 15.2. The number of nitrogens with one attached hydrogen (secondary N) is 2. The molecule has 3 nitrogen and oxygen atoms in total. The Morgan fingerprint density at radius 1 is 1.42 bits per heavy atom. The minimum atomic E-state index is 0.332. The summed E-state index contributed by atoms with van der Waals surface area (Å²) in [6, 6.07) is 8.06. The van der Waals surface area contributed by atoms with Crippen LogP contribution in [-0.2, 0) is 6.42 Å². The third-order valence-corrected chi connectivity index (χ3v) is 1.68. The predicted molar refractivity (Wildman–Crippen MR) is 49.9 cm³/mol. The molecule has 0 aliphatic carbocycles. The van der Waals surface area contributed by atoms with Crippen molar-refractivity contribution in [1.82, 2.24) is 5.43 Å². The molecule has 0 heterocycles. The average Bonchev–Trinajstić information content (AvgIpc) is 2.09. The predicted octanol–water partition coefficient (Wildman–Crippen LogP) is 0.978. The lowest BCUT2D eigenvalue weighted by molar-refractivity contribution is 0.975. The first-order valence-corrected chi connectivity index (χ1v) is 3.82. The number of nitrogens with two attached hydrogens (primary N) is 1. The van der Waals surface area contributed by atoms with Crippen LogP contribution in [0.3, 0.4) is 0 Å². The van der Waals surface area contributed by atoms with Crippen LogP contribution in [0.5, 0.6) is 0 Å². The van der Waals surface area contributed by atoms with E-state index in [1.54, 1.807) is 0 Å². The molecule has 1 aromatic carbocycles. The van der Waals surface area contributed by atoms with Crippen LogP contribution in [-0.4, -0.2) is 5.84 Å². The van der Waals surface area contributed by atoms with Gasteiger partial charge in [0.15, 0.2) is 0 Å². The van der Waals surface area contributed by atoms with Gasteiger partial charge in [0, 0.05) is 6.42 Å². The van der Waals surface area contributed by atoms with Gasteiger partial charge in [-0.1, -0.05) is 29.8 Å². The number of hydrazine groups is 1. The van der Waals surface area contributed by atoms with Gasteiger partial charge in [-0.25, -0.2) is 5.84 Å². The molecule has 0 spiro atoms. The lowest BCUT2D eigenvalue weighted by atomic mass is 10.1. The van der Waals surface area contributed by atoms with E-state index in [9.17, 15) is 0 Å². The highest BCUT2D eigenvalue weighted by Crippen LogP contribution is 2.03. The monoisotopic (exact) mass is 163 g/mol. The molecule has 4 N–H and O–H groups in total. The molecule has 0 fully saturated rings. The molecule has 0 amide bonds. The zero-order valence-electron chi connectivity index (χ0n) is 7.09. The van der Waals surface area contributed by atoms with Crippen LogP contribution in [0.1, 0.15) is 11.1 Å². The van der Waals surface area contributed by atoms with Crippen molar-refractivity contribution in [2.24, 2.45) is 5.84 Å². The summed E-state index contributed by atoms with van der Waals surface area (Å²) >= 11 is 0. The fourth-order valence-corrected chi connectivity index (χ4v) is 0.961. The Bertz CT molecular complexity index is 264. The molecular weight excluding hydrogens is 150 g/mol. The average molecular weight is 163 g/mol. The Hall–Kier alpha value is -1.35. The molecule has 64 valence electrons. The van der Waals surface area contributed by atoms with Crippen molar-refractivity contribution < 1.29 is 0 Å². The summed E-state index contributed by atoms with van der Waals surface area (Å²) in [6.07, 6.45) is 0.566. The van der Waals surface area contributed by atoms with Gasteiger partial charge in [-0.05, 0) is 12.5 Å². The Balaban J connectivity index is 2.64. The molecule has 0 bridgehead atoms. The van der Waals surface area contributed by atoms with Crippen molar-refractivity contribution in [2.75, 3.05) is 0 Å².